The number of nitrogens with one attached hydrogen (secondary N) is 1. The van der Waals surface area contributed by atoms with Crippen LogP contribution in [0.5, 0.6) is 0 Å². The second-order valence-corrected chi connectivity index (χ2v) is 10.5. The van der Waals surface area contributed by atoms with Crippen LogP contribution < -0.4 is 15.1 Å². The molecule has 8 nitrogen and oxygen atoms in total. The van der Waals surface area contributed by atoms with E-state index in [-0.39, 0.29) is 18.6 Å². The fourth-order valence-corrected chi connectivity index (χ4v) is 5.76. The highest BCUT2D eigenvalue weighted by Gasteiger charge is 2.31. The molecule has 0 radical (unpaired) electrons. The van der Waals surface area contributed by atoms with Gasteiger partial charge in [-0.05, 0) is 68.1 Å². The number of nitriles is 1. The van der Waals surface area contributed by atoms with Gasteiger partial charge in [-0.15, -0.1) is 0 Å². The van der Waals surface area contributed by atoms with Gasteiger partial charge >= 0.3 is 0 Å². The number of nitrogens with zero attached hydrogens (tertiary/aromatic N) is 5. The number of benzene rings is 2. The van der Waals surface area contributed by atoms with Crippen LogP contribution in [0.15, 0.2) is 60.8 Å². The van der Waals surface area contributed by atoms with Crippen LogP contribution in [-0.2, 0) is 0 Å². The Balaban J connectivity index is 1.26. The van der Waals surface area contributed by atoms with Crippen LogP contribution in [0.1, 0.15) is 39.9 Å². The van der Waals surface area contributed by atoms with Gasteiger partial charge in [-0.1, -0.05) is 24.3 Å². The van der Waals surface area contributed by atoms with E-state index in [0.29, 0.717) is 36.8 Å². The Hall–Kier alpha value is -4.09. The largest absolute Gasteiger partial charge is 0.394 e. The van der Waals surface area contributed by atoms with Crippen molar-refractivity contribution in [2.75, 3.05) is 54.4 Å². The second-order valence-electron chi connectivity index (χ2n) is 10.5. The Bertz CT molecular complexity index is 1350. The molecule has 0 spiro atoms. The van der Waals surface area contributed by atoms with Crippen molar-refractivity contribution >= 4 is 23.1 Å². The van der Waals surface area contributed by atoms with Gasteiger partial charge in [0.2, 0.25) is 0 Å². The number of rotatable bonds is 6. The summed E-state index contributed by atoms with van der Waals surface area (Å²) >= 11 is 0. The summed E-state index contributed by atoms with van der Waals surface area (Å²) in [6.45, 7) is 7.41. The van der Waals surface area contributed by atoms with Gasteiger partial charge in [-0.3, -0.25) is 4.79 Å². The average Bonchev–Trinajstić information content (AvgIpc) is 2.98. The molecule has 2 N–H and O–H groups in total. The van der Waals surface area contributed by atoms with E-state index in [1.54, 1.807) is 6.20 Å². The fourth-order valence-electron chi connectivity index (χ4n) is 5.76. The second kappa shape index (κ2) is 11.7. The molecule has 0 saturated carbocycles. The lowest BCUT2D eigenvalue weighted by Crippen LogP contribution is -2.56. The third kappa shape index (κ3) is 5.69. The van der Waals surface area contributed by atoms with Crippen LogP contribution in [-0.4, -0.2) is 72.3 Å². The summed E-state index contributed by atoms with van der Waals surface area (Å²) in [7, 11) is 0. The zero-order chi connectivity index (χ0) is 27.4. The molecule has 3 heterocycles. The van der Waals surface area contributed by atoms with Gasteiger partial charge in [0.1, 0.15) is 11.9 Å². The number of aryl methyl sites for hydroxylation is 2. The molecule has 2 aliphatic rings. The van der Waals surface area contributed by atoms with Crippen molar-refractivity contribution in [3.05, 3.63) is 83.0 Å². The number of aromatic nitrogens is 1. The molecule has 0 bridgehead atoms. The summed E-state index contributed by atoms with van der Waals surface area (Å²) < 4.78 is 0. The Morgan fingerprint density at radius 1 is 1.05 bits per heavy atom. The van der Waals surface area contributed by atoms with Crippen molar-refractivity contribution in [2.45, 2.75) is 38.8 Å². The number of amides is 1. The Labute approximate surface area is 230 Å². The summed E-state index contributed by atoms with van der Waals surface area (Å²) in [4.78, 5) is 24.4. The topological polar surface area (TPSA) is 95.7 Å². The van der Waals surface area contributed by atoms with E-state index in [4.69, 9.17) is 0 Å². The molecule has 0 unspecified atom stereocenters. The van der Waals surface area contributed by atoms with Crippen molar-refractivity contribution in [2.24, 2.45) is 0 Å². The van der Waals surface area contributed by atoms with E-state index < -0.39 is 0 Å². The SMILES string of the molecule is Cc1cc(C)c(C(=O)N2CCN(c3ccccn3)[C@@H](CO)C2)cc1NC1CCN(c2ccccc2C#N)CC1. The number of carbonyl (C=O) groups excluding carboxylic acids is 1. The first-order valence-electron chi connectivity index (χ1n) is 13.7. The number of carbonyl (C=O) groups is 1. The highest BCUT2D eigenvalue weighted by Crippen LogP contribution is 2.28. The van der Waals surface area contributed by atoms with Crippen molar-refractivity contribution in [1.29, 1.82) is 5.26 Å². The summed E-state index contributed by atoms with van der Waals surface area (Å²) in [6, 6.07) is 20.0. The molecule has 2 aromatic carbocycles. The van der Waals surface area contributed by atoms with Crippen LogP contribution in [0, 0.1) is 25.2 Å². The van der Waals surface area contributed by atoms with Gasteiger partial charge in [0.05, 0.1) is 23.9 Å². The maximum atomic E-state index is 13.7. The zero-order valence-corrected chi connectivity index (χ0v) is 22.7. The van der Waals surface area contributed by atoms with Crippen LogP contribution >= 0.6 is 0 Å². The highest BCUT2D eigenvalue weighted by molar-refractivity contribution is 5.97. The molecule has 0 aliphatic carbocycles. The highest BCUT2D eigenvalue weighted by atomic mass is 16.3. The summed E-state index contributed by atoms with van der Waals surface area (Å²) in [6.07, 6.45) is 3.65. The molecule has 8 heteroatoms. The first-order valence-corrected chi connectivity index (χ1v) is 13.7. The van der Waals surface area contributed by atoms with Crippen LogP contribution in [0.4, 0.5) is 17.2 Å². The molecule has 39 heavy (non-hydrogen) atoms. The first-order chi connectivity index (χ1) is 19.0. The van der Waals surface area contributed by atoms with Gasteiger partial charge in [0.15, 0.2) is 0 Å². The number of aliphatic hydroxyl groups excluding tert-OH is 1. The molecule has 5 rings (SSSR count). The minimum Gasteiger partial charge on any atom is -0.394 e. The molecule has 1 atom stereocenters. The molecular weight excluding hydrogens is 488 g/mol. The number of piperidine rings is 1. The molecule has 1 aromatic heterocycles. The zero-order valence-electron chi connectivity index (χ0n) is 22.7. The monoisotopic (exact) mass is 524 g/mol. The molecule has 2 saturated heterocycles. The number of hydrogen-bond donors (Lipinski definition) is 2. The minimum atomic E-state index is -0.197. The van der Waals surface area contributed by atoms with Crippen molar-refractivity contribution < 1.29 is 9.90 Å². The fraction of sp³-hybridized carbons (Fsp3) is 0.387. The molecule has 2 fully saturated rings. The van der Waals surface area contributed by atoms with E-state index in [2.05, 4.69) is 39.2 Å². The van der Waals surface area contributed by atoms with E-state index >= 15 is 0 Å². The normalized spacial score (nSPS) is 18.1. The molecule has 2 aliphatic heterocycles. The van der Waals surface area contributed by atoms with E-state index in [9.17, 15) is 15.2 Å². The predicted molar refractivity (Wildman–Crippen MR) is 154 cm³/mol. The predicted octanol–water partition coefficient (Wildman–Crippen LogP) is 3.97. The summed E-state index contributed by atoms with van der Waals surface area (Å²) in [5, 5.41) is 23.3. The average molecular weight is 525 g/mol. The third-order valence-corrected chi connectivity index (χ3v) is 7.95. The quantitative estimate of drug-likeness (QED) is 0.504. The maximum Gasteiger partial charge on any atom is 0.254 e. The Morgan fingerprint density at radius 2 is 1.82 bits per heavy atom. The van der Waals surface area contributed by atoms with Gasteiger partial charge < -0.3 is 25.1 Å². The lowest BCUT2D eigenvalue weighted by molar-refractivity contribution is 0.0698. The smallest absolute Gasteiger partial charge is 0.254 e. The molecule has 1 amide bonds. The van der Waals surface area contributed by atoms with Crippen LogP contribution in [0.25, 0.3) is 0 Å². The number of piperazine rings is 1. The van der Waals surface area contributed by atoms with Crippen LogP contribution in [0.2, 0.25) is 0 Å². The summed E-state index contributed by atoms with van der Waals surface area (Å²) in [5.74, 6) is 0.821. The summed E-state index contributed by atoms with van der Waals surface area (Å²) in [5.41, 5.74) is 5.48. The van der Waals surface area contributed by atoms with Crippen LogP contribution in [0.3, 0.4) is 0 Å². The lowest BCUT2D eigenvalue weighted by Gasteiger charge is -2.41. The number of aliphatic hydroxyl groups is 1. The molecule has 3 aromatic rings. The first kappa shape index (κ1) is 26.5. The number of pyridine rings is 1. The Morgan fingerprint density at radius 3 is 2.54 bits per heavy atom. The van der Waals surface area contributed by atoms with Crippen molar-refractivity contribution in [3.63, 3.8) is 0 Å². The van der Waals surface area contributed by atoms with Gasteiger partial charge in [0, 0.05) is 56.2 Å². The third-order valence-electron chi connectivity index (χ3n) is 7.95. The maximum absolute atomic E-state index is 13.7. The standard InChI is InChI=1S/C31H36N6O2/c1-22-17-23(2)28(34-25-10-13-35(14-11-25)29-8-4-3-7-24(29)19-32)18-27(22)31(39)36-15-16-37(26(20-36)21-38)30-9-5-6-12-33-30/h3-9,12,17-18,25-26,34,38H,10-11,13-16,20-21H2,1-2H3/t26-/m1/s1. The van der Waals surface area contributed by atoms with E-state index in [1.165, 1.54) is 0 Å². The number of anilines is 3. The van der Waals surface area contributed by atoms with Gasteiger partial charge in [0.25, 0.3) is 5.91 Å². The number of hydrogen-bond acceptors (Lipinski definition) is 7. The lowest BCUT2D eigenvalue weighted by atomic mass is 9.99. The van der Waals surface area contributed by atoms with Crippen molar-refractivity contribution in [1.82, 2.24) is 9.88 Å². The number of para-hydroxylation sites is 1. The van der Waals surface area contributed by atoms with Gasteiger partial charge in [-0.2, -0.15) is 5.26 Å². The molecular formula is C31H36N6O2. The van der Waals surface area contributed by atoms with Gasteiger partial charge in [-0.25, -0.2) is 4.98 Å². The Kier molecular flexibility index (Phi) is 7.99. The van der Waals surface area contributed by atoms with E-state index in [1.807, 2.05) is 60.4 Å². The molecule has 202 valence electrons. The van der Waals surface area contributed by atoms with E-state index in [0.717, 1.165) is 54.3 Å². The minimum absolute atomic E-state index is 0.00222. The van der Waals surface area contributed by atoms with Crippen molar-refractivity contribution in [3.8, 4) is 6.07 Å².